The third kappa shape index (κ3) is 5.09. The van der Waals surface area contributed by atoms with Gasteiger partial charge in [0.2, 0.25) is 0 Å². The van der Waals surface area contributed by atoms with Crippen molar-refractivity contribution in [1.29, 1.82) is 0 Å². The highest BCUT2D eigenvalue weighted by atomic mass is 35.7. The number of hydrogen-bond donors (Lipinski definition) is 0. The van der Waals surface area contributed by atoms with Crippen LogP contribution in [0.1, 0.15) is 23.7 Å². The van der Waals surface area contributed by atoms with Gasteiger partial charge in [0.25, 0.3) is 9.05 Å². The van der Waals surface area contributed by atoms with Gasteiger partial charge in [-0.3, -0.25) is 0 Å². The molecule has 0 aliphatic rings. The Bertz CT molecular complexity index is 627. The second-order valence-corrected chi connectivity index (χ2v) is 6.26. The highest BCUT2D eigenvalue weighted by molar-refractivity contribution is 8.13. The molecule has 118 valence electrons. The maximum absolute atomic E-state index is 12.3. The Morgan fingerprint density at radius 1 is 1.33 bits per heavy atom. The molecule has 0 heterocycles. The lowest BCUT2D eigenvalue weighted by atomic mass is 10.2. The lowest BCUT2D eigenvalue weighted by molar-refractivity contribution is -0.275. The molecule has 0 saturated heterocycles. The minimum absolute atomic E-state index is 0.0229. The average molecular weight is 347 g/mol. The SMILES string of the molecule is CCCOC(=O)c1cccc(OC(F)(F)F)c1S(=O)(=O)Cl. The molecular formula is C11H10ClF3O5S. The first-order valence-corrected chi connectivity index (χ1v) is 7.87. The van der Waals surface area contributed by atoms with Crippen LogP contribution in [0.3, 0.4) is 0 Å². The van der Waals surface area contributed by atoms with Crippen molar-refractivity contribution in [3.05, 3.63) is 23.8 Å². The zero-order valence-electron chi connectivity index (χ0n) is 10.6. The molecule has 0 amide bonds. The number of carbonyl (C=O) groups is 1. The van der Waals surface area contributed by atoms with Gasteiger partial charge in [0.05, 0.1) is 12.2 Å². The van der Waals surface area contributed by atoms with E-state index in [9.17, 15) is 26.4 Å². The molecule has 0 atom stereocenters. The summed E-state index contributed by atoms with van der Waals surface area (Å²) in [6.07, 6.45) is -4.68. The molecule has 0 N–H and O–H groups in total. The fraction of sp³-hybridized carbons (Fsp3) is 0.364. The maximum atomic E-state index is 12.3. The number of rotatable bonds is 5. The Kier molecular flexibility index (Phi) is 5.46. The molecule has 21 heavy (non-hydrogen) atoms. The largest absolute Gasteiger partial charge is 0.573 e. The summed E-state index contributed by atoms with van der Waals surface area (Å²) < 4.78 is 68.0. The van der Waals surface area contributed by atoms with Crippen LogP contribution in [-0.2, 0) is 13.8 Å². The Hall–Kier alpha value is -1.48. The quantitative estimate of drug-likeness (QED) is 0.605. The minimum Gasteiger partial charge on any atom is -0.462 e. The lowest BCUT2D eigenvalue weighted by Crippen LogP contribution is -2.20. The summed E-state index contributed by atoms with van der Waals surface area (Å²) >= 11 is 0. The van der Waals surface area contributed by atoms with E-state index < -0.39 is 37.6 Å². The third-order valence-electron chi connectivity index (χ3n) is 2.11. The predicted octanol–water partition coefficient (Wildman–Crippen LogP) is 3.08. The number of esters is 1. The van der Waals surface area contributed by atoms with Crippen LogP contribution >= 0.6 is 10.7 Å². The second kappa shape index (κ2) is 6.52. The predicted molar refractivity (Wildman–Crippen MR) is 66.7 cm³/mol. The van der Waals surface area contributed by atoms with Gasteiger partial charge in [-0.05, 0) is 18.6 Å². The summed E-state index contributed by atoms with van der Waals surface area (Å²) in [5, 5.41) is 0. The van der Waals surface area contributed by atoms with Crippen molar-refractivity contribution in [2.75, 3.05) is 6.61 Å². The number of alkyl halides is 3. The monoisotopic (exact) mass is 346 g/mol. The van der Waals surface area contributed by atoms with E-state index >= 15 is 0 Å². The Morgan fingerprint density at radius 2 is 1.95 bits per heavy atom. The molecule has 1 aromatic rings. The highest BCUT2D eigenvalue weighted by Crippen LogP contribution is 2.34. The molecule has 0 bridgehead atoms. The van der Waals surface area contributed by atoms with E-state index in [1.54, 1.807) is 6.92 Å². The number of hydrogen-bond acceptors (Lipinski definition) is 5. The van der Waals surface area contributed by atoms with Crippen LogP contribution in [0.25, 0.3) is 0 Å². The number of benzene rings is 1. The Morgan fingerprint density at radius 3 is 2.43 bits per heavy atom. The summed E-state index contributed by atoms with van der Waals surface area (Å²) in [7, 11) is 0.433. The molecule has 0 aliphatic carbocycles. The molecular weight excluding hydrogens is 337 g/mol. The van der Waals surface area contributed by atoms with Crippen LogP contribution < -0.4 is 4.74 Å². The molecule has 0 spiro atoms. The van der Waals surface area contributed by atoms with Crippen LogP contribution in [0, 0.1) is 0 Å². The van der Waals surface area contributed by atoms with Gasteiger partial charge in [-0.2, -0.15) is 0 Å². The molecule has 0 radical (unpaired) electrons. The van der Waals surface area contributed by atoms with Crippen LogP contribution in [-0.4, -0.2) is 27.4 Å². The third-order valence-corrected chi connectivity index (χ3v) is 3.48. The first kappa shape index (κ1) is 17.6. The van der Waals surface area contributed by atoms with E-state index in [0.717, 1.165) is 18.2 Å². The summed E-state index contributed by atoms with van der Waals surface area (Å²) in [5.74, 6) is -2.20. The normalized spacial score (nSPS) is 12.0. The Labute approximate surface area is 123 Å². The molecule has 0 saturated carbocycles. The zero-order valence-corrected chi connectivity index (χ0v) is 12.2. The smallest absolute Gasteiger partial charge is 0.462 e. The van der Waals surface area contributed by atoms with Gasteiger partial charge in [-0.25, -0.2) is 13.2 Å². The first-order chi connectivity index (χ1) is 9.56. The summed E-state index contributed by atoms with van der Waals surface area (Å²) in [6, 6.07) is 2.74. The van der Waals surface area contributed by atoms with Gasteiger partial charge in [0.1, 0.15) is 10.6 Å². The molecule has 1 aromatic carbocycles. The number of carbonyl (C=O) groups excluding carboxylic acids is 1. The van der Waals surface area contributed by atoms with Gasteiger partial charge in [-0.15, -0.1) is 13.2 Å². The standard InChI is InChI=1S/C11H10ClF3O5S/c1-2-6-19-10(16)7-4-3-5-8(20-11(13,14)15)9(7)21(12,17)18/h3-5H,2,6H2,1H3. The van der Waals surface area contributed by atoms with Crippen molar-refractivity contribution in [3.8, 4) is 5.75 Å². The summed E-state index contributed by atoms with van der Waals surface area (Å²) in [4.78, 5) is 10.6. The molecule has 0 fully saturated rings. The van der Waals surface area contributed by atoms with Gasteiger partial charge in [0.15, 0.2) is 0 Å². The topological polar surface area (TPSA) is 69.7 Å². The number of ether oxygens (including phenoxy) is 2. The fourth-order valence-corrected chi connectivity index (χ4v) is 2.65. The minimum atomic E-state index is -5.14. The van der Waals surface area contributed by atoms with Crippen molar-refractivity contribution in [1.82, 2.24) is 0 Å². The first-order valence-electron chi connectivity index (χ1n) is 5.57. The summed E-state index contributed by atoms with van der Waals surface area (Å²) in [5.41, 5.74) is -0.625. The molecule has 1 rings (SSSR count). The van der Waals surface area contributed by atoms with Crippen molar-refractivity contribution in [2.45, 2.75) is 24.6 Å². The molecule has 0 aromatic heterocycles. The molecule has 10 heteroatoms. The molecule has 0 unspecified atom stereocenters. The number of halogens is 4. The average Bonchev–Trinajstić information content (AvgIpc) is 2.32. The fourth-order valence-electron chi connectivity index (χ4n) is 1.41. The maximum Gasteiger partial charge on any atom is 0.573 e. The second-order valence-electron chi connectivity index (χ2n) is 3.75. The van der Waals surface area contributed by atoms with E-state index in [2.05, 4.69) is 4.74 Å². The van der Waals surface area contributed by atoms with Crippen LogP contribution in [0.4, 0.5) is 13.2 Å². The van der Waals surface area contributed by atoms with Crippen molar-refractivity contribution in [2.24, 2.45) is 0 Å². The van der Waals surface area contributed by atoms with Gasteiger partial charge in [0, 0.05) is 10.7 Å². The van der Waals surface area contributed by atoms with E-state index in [-0.39, 0.29) is 6.61 Å². The van der Waals surface area contributed by atoms with E-state index in [1.807, 2.05) is 0 Å². The summed E-state index contributed by atoms with van der Waals surface area (Å²) in [6.45, 7) is 1.67. The van der Waals surface area contributed by atoms with Gasteiger partial charge in [-0.1, -0.05) is 13.0 Å². The van der Waals surface area contributed by atoms with E-state index in [0.29, 0.717) is 6.42 Å². The zero-order chi connectivity index (χ0) is 16.3. The van der Waals surface area contributed by atoms with Gasteiger partial charge < -0.3 is 9.47 Å². The van der Waals surface area contributed by atoms with Gasteiger partial charge >= 0.3 is 12.3 Å². The van der Waals surface area contributed by atoms with Crippen molar-refractivity contribution in [3.63, 3.8) is 0 Å². The highest BCUT2D eigenvalue weighted by Gasteiger charge is 2.35. The van der Waals surface area contributed by atoms with Crippen molar-refractivity contribution >= 4 is 25.7 Å². The van der Waals surface area contributed by atoms with Crippen LogP contribution in [0.15, 0.2) is 23.1 Å². The van der Waals surface area contributed by atoms with Crippen LogP contribution in [0.5, 0.6) is 5.75 Å². The Balaban J connectivity index is 3.39. The molecule has 0 aliphatic heterocycles. The van der Waals surface area contributed by atoms with Crippen LogP contribution in [0.2, 0.25) is 0 Å². The van der Waals surface area contributed by atoms with E-state index in [1.165, 1.54) is 0 Å². The lowest BCUT2D eigenvalue weighted by Gasteiger charge is -2.14. The van der Waals surface area contributed by atoms with E-state index in [4.69, 9.17) is 15.4 Å². The molecule has 5 nitrogen and oxygen atoms in total. The van der Waals surface area contributed by atoms with Crippen molar-refractivity contribution < 1.29 is 35.9 Å².